The molecule has 0 N–H and O–H groups in total. The molecule has 0 amide bonds. The lowest BCUT2D eigenvalue weighted by Gasteiger charge is -2.11. The van der Waals surface area contributed by atoms with Crippen LogP contribution in [-0.4, -0.2) is 9.38 Å². The molecule has 0 unspecified atom stereocenters. The second-order valence-corrected chi connectivity index (χ2v) is 13.4. The molecule has 3 nitrogen and oxygen atoms in total. The molecule has 0 aliphatic carbocycles. The van der Waals surface area contributed by atoms with Gasteiger partial charge in [-0.3, -0.25) is 4.40 Å². The van der Waals surface area contributed by atoms with Crippen LogP contribution >= 0.6 is 11.3 Å². The summed E-state index contributed by atoms with van der Waals surface area (Å²) in [7, 11) is 0. The van der Waals surface area contributed by atoms with Crippen LogP contribution in [0.3, 0.4) is 0 Å². The van der Waals surface area contributed by atoms with Gasteiger partial charge in [0.1, 0.15) is 11.2 Å². The Morgan fingerprint density at radius 3 is 2.19 bits per heavy atom. The third-order valence-electron chi connectivity index (χ3n) is 9.80. The molecule has 4 heteroatoms. The predicted molar refractivity (Wildman–Crippen MR) is 199 cm³/mol. The molecular weight excluding hydrogens is 593 g/mol. The van der Waals surface area contributed by atoms with Gasteiger partial charge in [0.25, 0.3) is 0 Å². The molecule has 218 valence electrons. The highest BCUT2D eigenvalue weighted by Crippen LogP contribution is 2.42. The number of thiophene rings is 1. The molecule has 0 saturated carbocycles. The van der Waals surface area contributed by atoms with Gasteiger partial charge in [-0.15, -0.1) is 11.3 Å². The van der Waals surface area contributed by atoms with Crippen LogP contribution in [0.15, 0.2) is 150 Å². The summed E-state index contributed by atoms with van der Waals surface area (Å²) in [5.41, 5.74) is 9.50. The van der Waals surface area contributed by atoms with Gasteiger partial charge < -0.3 is 4.42 Å². The van der Waals surface area contributed by atoms with Crippen molar-refractivity contribution >= 4 is 91.7 Å². The zero-order chi connectivity index (χ0) is 30.6. The number of hydrogen-bond donors (Lipinski definition) is 0. The average molecular weight is 617 g/mol. The lowest BCUT2D eigenvalue weighted by Crippen LogP contribution is -1.93. The molecule has 47 heavy (non-hydrogen) atoms. The third-order valence-corrected chi connectivity index (χ3v) is 11.0. The van der Waals surface area contributed by atoms with Crippen molar-refractivity contribution in [3.8, 4) is 22.4 Å². The van der Waals surface area contributed by atoms with Crippen LogP contribution in [0.2, 0.25) is 0 Å². The molecule has 11 rings (SSSR count). The molecule has 7 aromatic carbocycles. The van der Waals surface area contributed by atoms with Gasteiger partial charge in [0, 0.05) is 37.2 Å². The van der Waals surface area contributed by atoms with Gasteiger partial charge in [-0.2, -0.15) is 0 Å². The zero-order valence-electron chi connectivity index (χ0n) is 25.1. The van der Waals surface area contributed by atoms with E-state index in [1.807, 2.05) is 23.5 Å². The number of hydrogen-bond acceptors (Lipinski definition) is 3. The van der Waals surface area contributed by atoms with E-state index < -0.39 is 0 Å². The monoisotopic (exact) mass is 616 g/mol. The first-order valence-corrected chi connectivity index (χ1v) is 16.7. The van der Waals surface area contributed by atoms with Crippen LogP contribution in [0.5, 0.6) is 0 Å². The molecule has 0 aliphatic rings. The molecule has 0 aliphatic heterocycles. The number of fused-ring (bicyclic) bond motifs is 14. The van der Waals surface area contributed by atoms with E-state index in [-0.39, 0.29) is 0 Å². The summed E-state index contributed by atoms with van der Waals surface area (Å²) >= 11 is 1.83. The molecule has 0 spiro atoms. The third kappa shape index (κ3) is 3.48. The smallest absolute Gasteiger partial charge is 0.156 e. The van der Waals surface area contributed by atoms with Crippen molar-refractivity contribution in [3.63, 3.8) is 0 Å². The van der Waals surface area contributed by atoms with E-state index in [1.54, 1.807) is 0 Å². The number of imidazole rings is 1. The van der Waals surface area contributed by atoms with Crippen molar-refractivity contribution in [1.29, 1.82) is 0 Å². The Kier molecular flexibility index (Phi) is 4.99. The Balaban J connectivity index is 1.18. The fourth-order valence-corrected chi connectivity index (χ4v) is 8.77. The minimum Gasteiger partial charge on any atom is -0.455 e. The first-order valence-electron chi connectivity index (χ1n) is 15.9. The Labute approximate surface area is 272 Å². The molecule has 4 aromatic heterocycles. The molecule has 0 atom stereocenters. The number of rotatable bonds is 2. The Morgan fingerprint density at radius 1 is 0.532 bits per heavy atom. The van der Waals surface area contributed by atoms with E-state index in [9.17, 15) is 0 Å². The summed E-state index contributed by atoms with van der Waals surface area (Å²) in [5, 5.41) is 9.72. The van der Waals surface area contributed by atoms with E-state index >= 15 is 0 Å². The van der Waals surface area contributed by atoms with Crippen molar-refractivity contribution in [2.45, 2.75) is 0 Å². The summed E-state index contributed by atoms with van der Waals surface area (Å²) < 4.78 is 11.2. The maximum absolute atomic E-state index is 6.38. The summed E-state index contributed by atoms with van der Waals surface area (Å²) in [6.45, 7) is 0. The lowest BCUT2D eigenvalue weighted by atomic mass is 9.99. The number of para-hydroxylation sites is 2. The van der Waals surface area contributed by atoms with E-state index in [1.165, 1.54) is 41.7 Å². The highest BCUT2D eigenvalue weighted by molar-refractivity contribution is 7.26. The Bertz CT molecular complexity index is 3070. The van der Waals surface area contributed by atoms with Crippen molar-refractivity contribution in [1.82, 2.24) is 9.38 Å². The van der Waals surface area contributed by atoms with E-state index in [0.717, 1.165) is 61.0 Å². The van der Waals surface area contributed by atoms with Crippen LogP contribution in [0.1, 0.15) is 0 Å². The van der Waals surface area contributed by atoms with Gasteiger partial charge >= 0.3 is 0 Å². The zero-order valence-corrected chi connectivity index (χ0v) is 25.9. The fourth-order valence-electron chi connectivity index (χ4n) is 7.61. The predicted octanol–water partition coefficient (Wildman–Crippen LogP) is 12.4. The number of benzene rings is 7. The summed E-state index contributed by atoms with van der Waals surface area (Å²) in [6, 6.07) is 52.3. The first-order chi connectivity index (χ1) is 23.3. The van der Waals surface area contributed by atoms with Crippen LogP contribution in [0.25, 0.3) is 103 Å². The molecule has 0 bridgehead atoms. The minimum absolute atomic E-state index is 0.915. The highest BCUT2D eigenvalue weighted by Gasteiger charge is 2.20. The van der Waals surface area contributed by atoms with E-state index in [2.05, 4.69) is 138 Å². The molecule has 0 radical (unpaired) electrons. The first kappa shape index (κ1) is 25.2. The van der Waals surface area contributed by atoms with Crippen LogP contribution in [-0.2, 0) is 0 Å². The number of furan rings is 1. The maximum atomic E-state index is 6.38. The van der Waals surface area contributed by atoms with Crippen molar-refractivity contribution in [3.05, 3.63) is 146 Å². The minimum atomic E-state index is 0.915. The quantitative estimate of drug-likeness (QED) is 0.181. The van der Waals surface area contributed by atoms with Gasteiger partial charge in [-0.05, 0) is 51.6 Å². The molecular formula is C43H24N2OS. The Morgan fingerprint density at radius 2 is 1.28 bits per heavy atom. The normalized spacial score (nSPS) is 12.3. The SMILES string of the molecule is c1ccc2c(c1)ccc1c2ccc2c1nc1c3sc4ccccc4c3cc(-c3ccc(-c4cccc5c4oc4ccccc45)cc3)n21. The van der Waals surface area contributed by atoms with Crippen LogP contribution < -0.4 is 0 Å². The summed E-state index contributed by atoms with van der Waals surface area (Å²) in [5.74, 6) is 0. The van der Waals surface area contributed by atoms with Crippen molar-refractivity contribution in [2.24, 2.45) is 0 Å². The largest absolute Gasteiger partial charge is 0.455 e. The topological polar surface area (TPSA) is 30.4 Å². The fraction of sp³-hybridized carbons (Fsp3) is 0. The lowest BCUT2D eigenvalue weighted by molar-refractivity contribution is 0.670. The molecule has 4 heterocycles. The standard InChI is InChI=1S/C43H24N2OS/c1-2-9-28-25(8-1)20-21-33-30(28)22-23-36-40(33)44-43-42-35(32-11-4-6-15-39(32)47-42)24-37(45(36)43)27-18-16-26(17-19-27)29-12-7-13-34-31-10-3-5-14-38(31)46-41(29)34/h1-24H. The number of aromatic nitrogens is 2. The van der Waals surface area contributed by atoms with Crippen molar-refractivity contribution < 1.29 is 4.42 Å². The number of nitrogens with zero attached hydrogens (tertiary/aromatic N) is 2. The van der Waals surface area contributed by atoms with E-state index in [0.29, 0.717) is 0 Å². The highest BCUT2D eigenvalue weighted by atomic mass is 32.1. The second-order valence-electron chi connectivity index (χ2n) is 12.3. The molecule has 0 fully saturated rings. The maximum Gasteiger partial charge on any atom is 0.156 e. The van der Waals surface area contributed by atoms with Crippen LogP contribution in [0, 0.1) is 0 Å². The second kappa shape index (κ2) is 9.29. The van der Waals surface area contributed by atoms with Gasteiger partial charge in [0.15, 0.2) is 5.65 Å². The van der Waals surface area contributed by atoms with Gasteiger partial charge in [-0.25, -0.2) is 4.98 Å². The van der Waals surface area contributed by atoms with Gasteiger partial charge in [-0.1, -0.05) is 121 Å². The molecule has 11 aromatic rings. The summed E-state index contributed by atoms with van der Waals surface area (Å²) in [6.07, 6.45) is 0. The average Bonchev–Trinajstić information content (AvgIpc) is 3.83. The van der Waals surface area contributed by atoms with Gasteiger partial charge in [0.2, 0.25) is 0 Å². The van der Waals surface area contributed by atoms with Gasteiger partial charge in [0.05, 0.1) is 21.4 Å². The van der Waals surface area contributed by atoms with Crippen LogP contribution in [0.4, 0.5) is 0 Å². The Hall–Kier alpha value is -5.97. The summed E-state index contributed by atoms with van der Waals surface area (Å²) in [4.78, 5) is 5.44. The van der Waals surface area contributed by atoms with Crippen molar-refractivity contribution in [2.75, 3.05) is 0 Å². The molecule has 0 saturated heterocycles. The number of pyridine rings is 1. The van der Waals surface area contributed by atoms with E-state index in [4.69, 9.17) is 9.40 Å².